The molecule has 0 saturated carbocycles. The molecule has 1 N–H and O–H groups in total. The van der Waals surface area contributed by atoms with Crippen molar-refractivity contribution in [3.63, 3.8) is 0 Å². The average Bonchev–Trinajstić information content (AvgIpc) is 2.76. The zero-order valence-electron chi connectivity index (χ0n) is 13.0. The van der Waals surface area contributed by atoms with Gasteiger partial charge in [0.15, 0.2) is 0 Å². The fourth-order valence-electron chi connectivity index (χ4n) is 1.96. The maximum absolute atomic E-state index is 11.1. The minimum atomic E-state index is -0.476. The van der Waals surface area contributed by atoms with Crippen LogP contribution >= 0.6 is 15.9 Å². The maximum Gasteiger partial charge on any atom is 0.254 e. The van der Waals surface area contributed by atoms with Crippen molar-refractivity contribution >= 4 is 28.0 Å². The van der Waals surface area contributed by atoms with Gasteiger partial charge < -0.3 is 0 Å². The summed E-state index contributed by atoms with van der Waals surface area (Å²) in [4.78, 5) is 16.6. The number of carbonyl (C=O) groups excluding carboxylic acids is 1. The molecule has 2 rings (SSSR count). The van der Waals surface area contributed by atoms with Crippen molar-refractivity contribution < 1.29 is 9.63 Å². The molecule has 0 aliphatic carbocycles. The molecular weight excluding hydrogens is 348 g/mol. The van der Waals surface area contributed by atoms with E-state index in [0.29, 0.717) is 6.41 Å². The van der Waals surface area contributed by atoms with Gasteiger partial charge in [-0.05, 0) is 48.8 Å². The second-order valence-corrected chi connectivity index (χ2v) is 6.65. The number of hydrazine groups is 1. The number of aryl methyl sites for hydroxylation is 1. The predicted octanol–water partition coefficient (Wildman–Crippen LogP) is 3.37. The summed E-state index contributed by atoms with van der Waals surface area (Å²) in [5.41, 5.74) is 5.11. The molecule has 0 radical (unpaired) electrons. The number of hydroxylamine groups is 1. The Morgan fingerprint density at radius 3 is 2.68 bits per heavy atom. The van der Waals surface area contributed by atoms with Crippen molar-refractivity contribution in [2.75, 3.05) is 5.43 Å². The van der Waals surface area contributed by atoms with Crippen LogP contribution in [0.2, 0.25) is 0 Å². The number of hydrogen-bond acceptors (Lipinski definition) is 4. The number of amides is 1. The summed E-state index contributed by atoms with van der Waals surface area (Å²) >= 11 is 3.49. The molecule has 0 aliphatic rings. The maximum atomic E-state index is 11.1. The van der Waals surface area contributed by atoms with Gasteiger partial charge in [-0.3, -0.25) is 14.9 Å². The highest BCUT2D eigenvalue weighted by molar-refractivity contribution is 9.10. The van der Waals surface area contributed by atoms with E-state index in [1.54, 1.807) is 10.9 Å². The highest BCUT2D eigenvalue weighted by Crippen LogP contribution is 2.29. The highest BCUT2D eigenvalue weighted by Gasteiger charge is 2.16. The van der Waals surface area contributed by atoms with Crippen LogP contribution in [0.3, 0.4) is 0 Å². The third-order valence-electron chi connectivity index (χ3n) is 2.74. The van der Waals surface area contributed by atoms with Crippen molar-refractivity contribution in [1.82, 2.24) is 15.0 Å². The van der Waals surface area contributed by atoms with Gasteiger partial charge in [-0.15, -0.1) is 5.17 Å². The lowest BCUT2D eigenvalue weighted by Gasteiger charge is -2.27. The van der Waals surface area contributed by atoms with Crippen molar-refractivity contribution in [2.24, 2.45) is 7.05 Å². The Morgan fingerprint density at radius 2 is 2.14 bits per heavy atom. The smallest absolute Gasteiger partial charge is 0.254 e. The predicted molar refractivity (Wildman–Crippen MR) is 88.7 cm³/mol. The van der Waals surface area contributed by atoms with Crippen molar-refractivity contribution in [3.05, 3.63) is 34.9 Å². The first-order chi connectivity index (χ1) is 10.3. The zero-order valence-corrected chi connectivity index (χ0v) is 14.6. The number of nitrogens with one attached hydrogen (secondary N) is 1. The van der Waals surface area contributed by atoms with Gasteiger partial charge in [0.05, 0.1) is 27.7 Å². The molecule has 0 atom stereocenters. The van der Waals surface area contributed by atoms with Crippen LogP contribution < -0.4 is 5.43 Å². The lowest BCUT2D eigenvalue weighted by atomic mass is 10.1. The van der Waals surface area contributed by atoms with E-state index in [2.05, 4.69) is 26.5 Å². The van der Waals surface area contributed by atoms with Crippen LogP contribution in [0, 0.1) is 0 Å². The van der Waals surface area contributed by atoms with Gasteiger partial charge in [-0.25, -0.2) is 4.84 Å². The van der Waals surface area contributed by atoms with Crippen molar-refractivity contribution in [3.8, 4) is 11.3 Å². The first kappa shape index (κ1) is 16.5. The Balaban J connectivity index is 2.23. The van der Waals surface area contributed by atoms with Gasteiger partial charge in [-0.2, -0.15) is 5.10 Å². The third kappa shape index (κ3) is 4.08. The minimum Gasteiger partial charge on any atom is -0.274 e. The molecule has 1 amide bonds. The number of nitrogens with zero attached hydrogens (tertiary/aromatic N) is 3. The molecule has 0 spiro atoms. The average molecular weight is 367 g/mol. The van der Waals surface area contributed by atoms with Crippen LogP contribution in [-0.2, 0) is 16.7 Å². The van der Waals surface area contributed by atoms with Gasteiger partial charge in [0.25, 0.3) is 6.41 Å². The molecule has 0 bridgehead atoms. The van der Waals surface area contributed by atoms with Crippen molar-refractivity contribution in [1.29, 1.82) is 0 Å². The number of halogens is 1. The Morgan fingerprint density at radius 1 is 1.41 bits per heavy atom. The van der Waals surface area contributed by atoms with Gasteiger partial charge in [0.2, 0.25) is 0 Å². The van der Waals surface area contributed by atoms with Gasteiger partial charge >= 0.3 is 0 Å². The van der Waals surface area contributed by atoms with Crippen LogP contribution in [-0.4, -0.2) is 27.0 Å². The van der Waals surface area contributed by atoms with E-state index in [-0.39, 0.29) is 0 Å². The molecule has 0 unspecified atom stereocenters. The molecule has 1 aromatic carbocycles. The molecule has 22 heavy (non-hydrogen) atoms. The molecule has 0 saturated heterocycles. The summed E-state index contributed by atoms with van der Waals surface area (Å²) in [7, 11) is 1.88. The number of benzene rings is 1. The van der Waals surface area contributed by atoms with E-state index in [1.807, 2.05) is 52.1 Å². The molecule has 1 heterocycles. The first-order valence-corrected chi connectivity index (χ1v) is 7.58. The van der Waals surface area contributed by atoms with Gasteiger partial charge in [0, 0.05) is 12.6 Å². The van der Waals surface area contributed by atoms with E-state index in [0.717, 1.165) is 26.6 Å². The fourth-order valence-corrected chi connectivity index (χ4v) is 2.54. The van der Waals surface area contributed by atoms with E-state index in [9.17, 15) is 4.79 Å². The summed E-state index contributed by atoms with van der Waals surface area (Å²) in [6.45, 7) is 5.61. The second-order valence-electron chi connectivity index (χ2n) is 5.79. The molecule has 1 aromatic heterocycles. The topological polar surface area (TPSA) is 59.4 Å². The van der Waals surface area contributed by atoms with Crippen LogP contribution in [0.5, 0.6) is 0 Å². The Labute approximate surface area is 138 Å². The normalized spacial score (nSPS) is 11.3. The summed E-state index contributed by atoms with van der Waals surface area (Å²) in [6.07, 6.45) is 2.34. The molecule has 118 valence electrons. The summed E-state index contributed by atoms with van der Waals surface area (Å²) in [6, 6.07) is 7.65. The minimum absolute atomic E-state index is 0.476. The molecular formula is C15H19BrN4O2. The first-order valence-electron chi connectivity index (χ1n) is 6.78. The monoisotopic (exact) mass is 366 g/mol. The molecule has 7 heteroatoms. The Hall–Kier alpha value is -1.86. The van der Waals surface area contributed by atoms with Crippen LogP contribution in [0.1, 0.15) is 20.8 Å². The second kappa shape index (κ2) is 6.50. The van der Waals surface area contributed by atoms with E-state index in [1.165, 1.54) is 0 Å². The van der Waals surface area contributed by atoms with Gasteiger partial charge in [-0.1, -0.05) is 12.1 Å². The third-order valence-corrected chi connectivity index (χ3v) is 3.32. The summed E-state index contributed by atoms with van der Waals surface area (Å²) in [5.74, 6) is 0. The van der Waals surface area contributed by atoms with Gasteiger partial charge in [0.1, 0.15) is 0 Å². The van der Waals surface area contributed by atoms with Crippen LogP contribution in [0.25, 0.3) is 11.3 Å². The number of anilines is 1. The van der Waals surface area contributed by atoms with Crippen LogP contribution in [0.15, 0.2) is 34.9 Å². The van der Waals surface area contributed by atoms with E-state index in [4.69, 9.17) is 4.84 Å². The molecule has 0 fully saturated rings. The standard InChI is InChI=1S/C15H19BrN4O2/c1-15(2,3)22-20(10-21)18-12-7-5-6-11(8-12)14-13(16)9-17-19(14)4/h5-10,18H,1-4H3. The number of carbonyl (C=O) groups is 1. The van der Waals surface area contributed by atoms with E-state index >= 15 is 0 Å². The molecule has 6 nitrogen and oxygen atoms in total. The molecule has 2 aromatic rings. The zero-order chi connectivity index (χ0) is 16.3. The Bertz CT molecular complexity index is 644. The lowest BCUT2D eigenvalue weighted by Crippen LogP contribution is -2.36. The number of hydrogen-bond donors (Lipinski definition) is 1. The quantitative estimate of drug-likeness (QED) is 0.650. The van der Waals surface area contributed by atoms with Crippen molar-refractivity contribution in [2.45, 2.75) is 26.4 Å². The number of aromatic nitrogens is 2. The largest absolute Gasteiger partial charge is 0.274 e. The summed E-state index contributed by atoms with van der Waals surface area (Å²) < 4.78 is 2.69. The summed E-state index contributed by atoms with van der Waals surface area (Å²) in [5, 5.41) is 5.27. The molecule has 0 aliphatic heterocycles. The lowest BCUT2D eigenvalue weighted by molar-refractivity contribution is -0.205. The Kier molecular flexibility index (Phi) is 4.87. The fraction of sp³-hybridized carbons (Fsp3) is 0.333. The number of rotatable bonds is 5. The van der Waals surface area contributed by atoms with E-state index < -0.39 is 5.60 Å². The SMILES string of the molecule is Cn1ncc(Br)c1-c1cccc(NN(C=O)OC(C)(C)C)c1. The highest BCUT2D eigenvalue weighted by atomic mass is 79.9. The van der Waals surface area contributed by atoms with Crippen LogP contribution in [0.4, 0.5) is 5.69 Å².